The Hall–Kier alpha value is -1.06. The van der Waals surface area contributed by atoms with E-state index < -0.39 is 0 Å². The molecule has 0 amide bonds. The second-order valence-electron chi connectivity index (χ2n) is 2.98. The maximum Gasteiger partial charge on any atom is 0.193 e. The Morgan fingerprint density at radius 3 is 2.07 bits per heavy atom. The van der Waals surface area contributed by atoms with Gasteiger partial charge in [-0.25, -0.2) is 0 Å². The van der Waals surface area contributed by atoms with Crippen molar-refractivity contribution in [3.05, 3.63) is 30.3 Å². The lowest BCUT2D eigenvalue weighted by Crippen LogP contribution is -2.32. The molecule has 1 aromatic carbocycles. The zero-order chi connectivity index (χ0) is 10.4. The van der Waals surface area contributed by atoms with Gasteiger partial charge in [0.2, 0.25) is 0 Å². The third-order valence-electron chi connectivity index (χ3n) is 1.91. The highest BCUT2D eigenvalue weighted by atomic mass is 16.7. The van der Waals surface area contributed by atoms with Crippen LogP contribution in [0.4, 0.5) is 0 Å². The highest BCUT2D eigenvalue weighted by Crippen LogP contribution is 2.13. The predicted molar refractivity (Wildman–Crippen MR) is 54.3 cm³/mol. The van der Waals surface area contributed by atoms with Gasteiger partial charge < -0.3 is 14.2 Å². The second kappa shape index (κ2) is 5.62. The van der Waals surface area contributed by atoms with Gasteiger partial charge in [-0.3, -0.25) is 0 Å². The number of methoxy groups -OCH3 is 2. The lowest BCUT2D eigenvalue weighted by atomic mass is 10.3. The Balaban J connectivity index is 2.52. The Bertz CT molecular complexity index is 244. The first kappa shape index (κ1) is 11.0. The third-order valence-corrected chi connectivity index (χ3v) is 1.91. The molecule has 1 rings (SSSR count). The van der Waals surface area contributed by atoms with Crippen LogP contribution in [-0.2, 0) is 9.47 Å². The van der Waals surface area contributed by atoms with Crippen molar-refractivity contribution in [1.82, 2.24) is 0 Å². The van der Waals surface area contributed by atoms with Crippen LogP contribution in [0.1, 0.15) is 6.92 Å². The summed E-state index contributed by atoms with van der Waals surface area (Å²) in [6, 6.07) is 9.60. The average Bonchev–Trinajstić information content (AvgIpc) is 2.21. The summed E-state index contributed by atoms with van der Waals surface area (Å²) >= 11 is 0. The topological polar surface area (TPSA) is 27.7 Å². The molecule has 0 aromatic heterocycles. The molecule has 0 spiro atoms. The molecule has 0 N–H and O–H groups in total. The SMILES string of the molecule is COC(OC)C(C)Oc1ccccc1. The van der Waals surface area contributed by atoms with Crippen molar-refractivity contribution in [1.29, 1.82) is 0 Å². The van der Waals surface area contributed by atoms with Crippen LogP contribution < -0.4 is 4.74 Å². The van der Waals surface area contributed by atoms with E-state index >= 15 is 0 Å². The highest BCUT2D eigenvalue weighted by Gasteiger charge is 2.16. The highest BCUT2D eigenvalue weighted by molar-refractivity contribution is 5.21. The normalized spacial score (nSPS) is 12.9. The molecule has 14 heavy (non-hydrogen) atoms. The largest absolute Gasteiger partial charge is 0.485 e. The lowest BCUT2D eigenvalue weighted by molar-refractivity contribution is -0.151. The Morgan fingerprint density at radius 1 is 1.00 bits per heavy atom. The number of ether oxygens (including phenoxy) is 3. The van der Waals surface area contributed by atoms with E-state index in [1.54, 1.807) is 14.2 Å². The van der Waals surface area contributed by atoms with Gasteiger partial charge in [0.15, 0.2) is 6.29 Å². The summed E-state index contributed by atoms with van der Waals surface area (Å²) in [4.78, 5) is 0. The summed E-state index contributed by atoms with van der Waals surface area (Å²) in [6.07, 6.45) is -0.470. The maximum atomic E-state index is 5.61. The predicted octanol–water partition coefficient (Wildman–Crippen LogP) is 2.07. The molecule has 1 unspecified atom stereocenters. The Labute approximate surface area is 84.6 Å². The summed E-state index contributed by atoms with van der Waals surface area (Å²) in [7, 11) is 3.19. The van der Waals surface area contributed by atoms with Crippen LogP contribution in [0.15, 0.2) is 30.3 Å². The summed E-state index contributed by atoms with van der Waals surface area (Å²) in [6.45, 7) is 1.91. The molecule has 0 aliphatic rings. The van der Waals surface area contributed by atoms with Crippen molar-refractivity contribution >= 4 is 0 Å². The molecule has 3 nitrogen and oxygen atoms in total. The molecule has 0 saturated carbocycles. The van der Waals surface area contributed by atoms with Gasteiger partial charge in [-0.05, 0) is 19.1 Å². The van der Waals surface area contributed by atoms with E-state index in [4.69, 9.17) is 14.2 Å². The lowest BCUT2D eigenvalue weighted by Gasteiger charge is -2.22. The van der Waals surface area contributed by atoms with Crippen LogP contribution in [0.25, 0.3) is 0 Å². The van der Waals surface area contributed by atoms with Crippen molar-refractivity contribution in [2.45, 2.75) is 19.3 Å². The zero-order valence-electron chi connectivity index (χ0n) is 8.77. The molecular weight excluding hydrogens is 180 g/mol. The van der Waals surface area contributed by atoms with E-state index in [1.165, 1.54) is 0 Å². The summed E-state index contributed by atoms with van der Waals surface area (Å²) in [5.41, 5.74) is 0. The number of benzene rings is 1. The van der Waals surface area contributed by atoms with Crippen LogP contribution in [0.2, 0.25) is 0 Å². The molecule has 0 aliphatic carbocycles. The minimum absolute atomic E-state index is 0.132. The van der Waals surface area contributed by atoms with Gasteiger partial charge >= 0.3 is 0 Å². The van der Waals surface area contributed by atoms with Crippen LogP contribution in [0.3, 0.4) is 0 Å². The van der Waals surface area contributed by atoms with Crippen LogP contribution in [0.5, 0.6) is 5.75 Å². The van der Waals surface area contributed by atoms with Crippen LogP contribution >= 0.6 is 0 Å². The number of rotatable bonds is 5. The first-order valence-electron chi connectivity index (χ1n) is 4.55. The fourth-order valence-corrected chi connectivity index (χ4v) is 1.25. The smallest absolute Gasteiger partial charge is 0.193 e. The standard InChI is InChI=1S/C11H16O3/c1-9(11(12-2)13-3)14-10-7-5-4-6-8-10/h4-9,11H,1-3H3. The van der Waals surface area contributed by atoms with Gasteiger partial charge in [-0.15, -0.1) is 0 Å². The number of hydrogen-bond donors (Lipinski definition) is 0. The van der Waals surface area contributed by atoms with E-state index in [9.17, 15) is 0 Å². The molecule has 0 radical (unpaired) electrons. The molecule has 0 heterocycles. The van der Waals surface area contributed by atoms with Gasteiger partial charge in [-0.1, -0.05) is 18.2 Å². The van der Waals surface area contributed by atoms with Gasteiger partial charge in [0.25, 0.3) is 0 Å². The van der Waals surface area contributed by atoms with Crippen LogP contribution in [-0.4, -0.2) is 26.6 Å². The fourth-order valence-electron chi connectivity index (χ4n) is 1.25. The molecular formula is C11H16O3. The Morgan fingerprint density at radius 2 is 1.57 bits per heavy atom. The first-order valence-corrected chi connectivity index (χ1v) is 4.55. The minimum Gasteiger partial charge on any atom is -0.485 e. The van der Waals surface area contributed by atoms with Crippen molar-refractivity contribution in [2.75, 3.05) is 14.2 Å². The van der Waals surface area contributed by atoms with E-state index in [1.807, 2.05) is 37.3 Å². The van der Waals surface area contributed by atoms with Gasteiger partial charge in [0.05, 0.1) is 0 Å². The summed E-state index contributed by atoms with van der Waals surface area (Å²) in [5, 5.41) is 0. The van der Waals surface area contributed by atoms with Crippen molar-refractivity contribution in [3.63, 3.8) is 0 Å². The van der Waals surface area contributed by atoms with Crippen LogP contribution in [0, 0.1) is 0 Å². The van der Waals surface area contributed by atoms with Gasteiger partial charge in [0, 0.05) is 14.2 Å². The van der Waals surface area contributed by atoms with E-state index in [0.29, 0.717) is 0 Å². The van der Waals surface area contributed by atoms with Gasteiger partial charge in [-0.2, -0.15) is 0 Å². The molecule has 0 bridgehead atoms. The molecule has 78 valence electrons. The Kier molecular flexibility index (Phi) is 4.43. The van der Waals surface area contributed by atoms with E-state index in [0.717, 1.165) is 5.75 Å². The van der Waals surface area contributed by atoms with E-state index in [-0.39, 0.29) is 12.4 Å². The second-order valence-corrected chi connectivity index (χ2v) is 2.98. The summed E-state index contributed by atoms with van der Waals surface area (Å²) in [5.74, 6) is 0.819. The average molecular weight is 196 g/mol. The molecule has 1 aromatic rings. The molecule has 0 aliphatic heterocycles. The maximum absolute atomic E-state index is 5.61. The molecule has 0 fully saturated rings. The van der Waals surface area contributed by atoms with Gasteiger partial charge in [0.1, 0.15) is 11.9 Å². The third kappa shape index (κ3) is 3.01. The van der Waals surface area contributed by atoms with Crippen molar-refractivity contribution in [2.24, 2.45) is 0 Å². The monoisotopic (exact) mass is 196 g/mol. The fraction of sp³-hybridized carbons (Fsp3) is 0.455. The number of para-hydroxylation sites is 1. The first-order chi connectivity index (χ1) is 6.77. The van der Waals surface area contributed by atoms with E-state index in [2.05, 4.69) is 0 Å². The number of hydrogen-bond acceptors (Lipinski definition) is 3. The minimum atomic E-state index is -0.338. The van der Waals surface area contributed by atoms with Crippen molar-refractivity contribution < 1.29 is 14.2 Å². The zero-order valence-corrected chi connectivity index (χ0v) is 8.77. The molecule has 1 atom stereocenters. The molecule has 3 heteroatoms. The quantitative estimate of drug-likeness (QED) is 0.675. The summed E-state index contributed by atoms with van der Waals surface area (Å²) < 4.78 is 15.8. The molecule has 0 saturated heterocycles. The van der Waals surface area contributed by atoms with Crippen molar-refractivity contribution in [3.8, 4) is 5.75 Å².